The van der Waals surface area contributed by atoms with Crippen molar-refractivity contribution < 1.29 is 9.18 Å². The van der Waals surface area contributed by atoms with E-state index in [9.17, 15) is 9.18 Å². The monoisotopic (exact) mass is 338 g/mol. The first-order valence-corrected chi connectivity index (χ1v) is 8.45. The van der Waals surface area contributed by atoms with Crippen LogP contribution in [0.15, 0.2) is 36.5 Å². The number of aromatic nitrogens is 3. The van der Waals surface area contributed by atoms with Crippen molar-refractivity contribution in [3.8, 4) is 0 Å². The fraction of sp³-hybridized carbons (Fsp3) is 0.316. The van der Waals surface area contributed by atoms with E-state index in [1.165, 1.54) is 30.5 Å². The number of hydrogen-bond acceptors (Lipinski definition) is 3. The van der Waals surface area contributed by atoms with Gasteiger partial charge in [0, 0.05) is 18.1 Å². The Morgan fingerprint density at radius 3 is 2.76 bits per heavy atom. The van der Waals surface area contributed by atoms with Gasteiger partial charge in [-0.15, -0.1) is 0 Å². The first-order valence-electron chi connectivity index (χ1n) is 8.45. The molecular weight excluding hydrogens is 319 g/mol. The van der Waals surface area contributed by atoms with Crippen LogP contribution in [-0.4, -0.2) is 20.7 Å². The molecule has 0 saturated heterocycles. The number of carbonyl (C=O) groups is 1. The number of amides is 1. The molecule has 2 aromatic heterocycles. The second-order valence-corrected chi connectivity index (χ2v) is 6.52. The molecule has 1 fully saturated rings. The van der Waals surface area contributed by atoms with Gasteiger partial charge in [-0.1, -0.05) is 12.1 Å². The van der Waals surface area contributed by atoms with Gasteiger partial charge in [0.2, 0.25) is 5.91 Å². The maximum atomic E-state index is 12.9. The van der Waals surface area contributed by atoms with Crippen molar-refractivity contribution in [3.63, 3.8) is 0 Å². The molecule has 4 rings (SSSR count). The molecule has 1 aromatic carbocycles. The average molecular weight is 338 g/mol. The van der Waals surface area contributed by atoms with Crippen LogP contribution in [0, 0.1) is 12.7 Å². The second kappa shape index (κ2) is 6.27. The highest BCUT2D eigenvalue weighted by atomic mass is 19.1. The molecule has 0 bridgehead atoms. The quantitative estimate of drug-likeness (QED) is 0.778. The highest BCUT2D eigenvalue weighted by Crippen LogP contribution is 2.43. The number of halogens is 1. The maximum absolute atomic E-state index is 12.9. The van der Waals surface area contributed by atoms with Crippen LogP contribution >= 0.6 is 0 Å². The molecule has 0 radical (unpaired) electrons. The van der Waals surface area contributed by atoms with Crippen molar-refractivity contribution >= 4 is 16.9 Å². The van der Waals surface area contributed by atoms with Crippen molar-refractivity contribution in [2.45, 2.75) is 38.8 Å². The van der Waals surface area contributed by atoms with Gasteiger partial charge in [0.25, 0.3) is 0 Å². The Kier molecular flexibility index (Phi) is 3.95. The normalized spacial score (nSPS) is 14.0. The van der Waals surface area contributed by atoms with Crippen molar-refractivity contribution in [2.24, 2.45) is 0 Å². The van der Waals surface area contributed by atoms with Crippen LogP contribution < -0.4 is 5.32 Å². The van der Waals surface area contributed by atoms with Crippen LogP contribution in [0.3, 0.4) is 0 Å². The lowest BCUT2D eigenvalue weighted by atomic mass is 10.1. The van der Waals surface area contributed by atoms with Crippen molar-refractivity contribution in [2.75, 3.05) is 0 Å². The molecule has 128 valence electrons. The third-order valence-corrected chi connectivity index (χ3v) is 4.55. The van der Waals surface area contributed by atoms with Gasteiger partial charge in [0.1, 0.15) is 12.4 Å². The highest BCUT2D eigenvalue weighted by molar-refractivity contribution is 5.85. The number of hydrogen-bond donors (Lipinski definition) is 1. The Hall–Kier alpha value is -2.76. The van der Waals surface area contributed by atoms with E-state index in [2.05, 4.69) is 21.5 Å². The third-order valence-electron chi connectivity index (χ3n) is 4.55. The summed E-state index contributed by atoms with van der Waals surface area (Å²) in [5.74, 6) is 0.174. The summed E-state index contributed by atoms with van der Waals surface area (Å²) in [6.07, 6.45) is 4.22. The minimum absolute atomic E-state index is 0.118. The fourth-order valence-electron chi connectivity index (χ4n) is 3.15. The number of rotatable bonds is 5. The molecule has 0 spiro atoms. The summed E-state index contributed by atoms with van der Waals surface area (Å²) in [4.78, 5) is 16.7. The van der Waals surface area contributed by atoms with Crippen LogP contribution in [-0.2, 0) is 17.9 Å². The predicted octanol–water partition coefficient (Wildman–Crippen LogP) is 3.07. The first kappa shape index (κ1) is 15.7. The largest absolute Gasteiger partial charge is 0.350 e. The van der Waals surface area contributed by atoms with Crippen LogP contribution in [0.2, 0.25) is 0 Å². The lowest BCUT2D eigenvalue weighted by Gasteiger charge is -2.07. The summed E-state index contributed by atoms with van der Waals surface area (Å²) < 4.78 is 14.6. The van der Waals surface area contributed by atoms with Gasteiger partial charge in [0.05, 0.1) is 5.69 Å². The molecule has 5 nitrogen and oxygen atoms in total. The van der Waals surface area contributed by atoms with E-state index < -0.39 is 0 Å². The summed E-state index contributed by atoms with van der Waals surface area (Å²) >= 11 is 0. The van der Waals surface area contributed by atoms with Gasteiger partial charge in [-0.05, 0) is 55.0 Å². The number of aryl methyl sites for hydroxylation is 1. The Bertz CT molecular complexity index is 928. The smallest absolute Gasteiger partial charge is 0.242 e. The van der Waals surface area contributed by atoms with Gasteiger partial charge in [0.15, 0.2) is 5.65 Å². The molecule has 25 heavy (non-hydrogen) atoms. The number of nitrogens with zero attached hydrogens (tertiary/aromatic N) is 3. The van der Waals surface area contributed by atoms with Crippen molar-refractivity contribution in [3.05, 3.63) is 59.2 Å². The number of fused-ring (bicyclic) bond motifs is 1. The number of benzene rings is 1. The SMILES string of the molecule is Cc1nn(CC(=O)NCc2ccc(F)cc2)c2nccc(C3CC3)c12. The summed E-state index contributed by atoms with van der Waals surface area (Å²) in [6.45, 7) is 2.44. The van der Waals surface area contributed by atoms with Crippen LogP contribution in [0.5, 0.6) is 0 Å². The average Bonchev–Trinajstić information content (AvgIpc) is 3.40. The standard InChI is InChI=1S/C19H19FN4O/c1-12-18-16(14-4-5-14)8-9-21-19(18)24(23-12)11-17(25)22-10-13-2-6-15(20)7-3-13/h2-3,6-9,14H,4-5,10-11H2,1H3,(H,22,25). The third kappa shape index (κ3) is 3.24. The van der Waals surface area contributed by atoms with E-state index in [1.807, 2.05) is 6.92 Å². The number of nitrogens with one attached hydrogen (secondary N) is 1. The highest BCUT2D eigenvalue weighted by Gasteiger charge is 2.27. The number of pyridine rings is 1. The zero-order valence-electron chi connectivity index (χ0n) is 14.0. The minimum atomic E-state index is -0.286. The van der Waals surface area contributed by atoms with E-state index in [0.717, 1.165) is 22.3 Å². The Labute approximate surface area is 144 Å². The number of carbonyl (C=O) groups excluding carboxylic acids is 1. The summed E-state index contributed by atoms with van der Waals surface area (Å²) in [5.41, 5.74) is 3.82. The molecule has 0 atom stereocenters. The Balaban J connectivity index is 1.49. The van der Waals surface area contributed by atoms with Gasteiger partial charge in [-0.3, -0.25) is 4.79 Å². The van der Waals surface area contributed by atoms with E-state index in [4.69, 9.17) is 0 Å². The molecule has 2 heterocycles. The van der Waals surface area contributed by atoms with Gasteiger partial charge < -0.3 is 5.32 Å². The van der Waals surface area contributed by atoms with E-state index in [-0.39, 0.29) is 18.3 Å². The van der Waals surface area contributed by atoms with Gasteiger partial charge in [-0.2, -0.15) is 5.10 Å². The van der Waals surface area contributed by atoms with Crippen molar-refractivity contribution in [1.29, 1.82) is 0 Å². The first-order chi connectivity index (χ1) is 12.1. The molecule has 1 aliphatic rings. The predicted molar refractivity (Wildman–Crippen MR) is 92.5 cm³/mol. The topological polar surface area (TPSA) is 59.8 Å². The molecule has 1 aliphatic carbocycles. The van der Waals surface area contributed by atoms with Crippen LogP contribution in [0.1, 0.15) is 35.6 Å². The zero-order valence-corrected chi connectivity index (χ0v) is 14.0. The van der Waals surface area contributed by atoms with Crippen molar-refractivity contribution in [1.82, 2.24) is 20.1 Å². The summed E-state index contributed by atoms with van der Waals surface area (Å²) in [6, 6.07) is 8.15. The lowest BCUT2D eigenvalue weighted by Crippen LogP contribution is -2.27. The van der Waals surface area contributed by atoms with E-state index in [0.29, 0.717) is 12.5 Å². The molecular formula is C19H19FN4O. The molecule has 6 heteroatoms. The molecule has 0 unspecified atom stereocenters. The van der Waals surface area contributed by atoms with Gasteiger partial charge >= 0.3 is 0 Å². The minimum Gasteiger partial charge on any atom is -0.350 e. The summed E-state index contributed by atoms with van der Waals surface area (Å²) in [5, 5.41) is 8.43. The molecule has 1 amide bonds. The lowest BCUT2D eigenvalue weighted by molar-refractivity contribution is -0.121. The molecule has 1 N–H and O–H groups in total. The summed E-state index contributed by atoms with van der Waals surface area (Å²) in [7, 11) is 0. The second-order valence-electron chi connectivity index (χ2n) is 6.52. The van der Waals surface area contributed by atoms with Crippen LogP contribution in [0.25, 0.3) is 11.0 Å². The van der Waals surface area contributed by atoms with Gasteiger partial charge in [-0.25, -0.2) is 14.1 Å². The van der Waals surface area contributed by atoms with E-state index in [1.54, 1.807) is 23.0 Å². The van der Waals surface area contributed by atoms with E-state index >= 15 is 0 Å². The zero-order chi connectivity index (χ0) is 17.4. The Morgan fingerprint density at radius 2 is 2.04 bits per heavy atom. The Morgan fingerprint density at radius 1 is 1.28 bits per heavy atom. The molecule has 0 aliphatic heterocycles. The van der Waals surface area contributed by atoms with Crippen LogP contribution in [0.4, 0.5) is 4.39 Å². The molecule has 1 saturated carbocycles. The maximum Gasteiger partial charge on any atom is 0.242 e. The molecule has 3 aromatic rings. The fourth-order valence-corrected chi connectivity index (χ4v) is 3.15.